The molecule has 0 bridgehead atoms. The molecule has 5 heteroatoms. The van der Waals surface area contributed by atoms with Crippen molar-refractivity contribution in [2.45, 2.75) is 65.1 Å². The molecule has 0 aromatic rings. The molecule has 1 atom stereocenters. The van der Waals surface area contributed by atoms with Gasteiger partial charge in [0.1, 0.15) is 5.60 Å². The van der Waals surface area contributed by atoms with Crippen LogP contribution in [-0.2, 0) is 4.74 Å². The maximum Gasteiger partial charge on any atom is 0.410 e. The summed E-state index contributed by atoms with van der Waals surface area (Å²) < 4.78 is 5.37. The number of ether oxygens (including phenoxy) is 1. The summed E-state index contributed by atoms with van der Waals surface area (Å²) in [5.41, 5.74) is -0.530. The van der Waals surface area contributed by atoms with E-state index < -0.39 is 5.60 Å². The Labute approximate surface area is 121 Å². The normalized spacial score (nSPS) is 20.6. The molecule has 0 saturated carbocycles. The average molecular weight is 287 g/mol. The Hall–Kier alpha value is -0.810. The zero-order chi connectivity index (χ0) is 15.4. The van der Waals surface area contributed by atoms with Gasteiger partial charge in [-0.15, -0.1) is 0 Å². The number of piperidine rings is 1. The van der Waals surface area contributed by atoms with Crippen molar-refractivity contribution in [3.05, 3.63) is 0 Å². The minimum Gasteiger partial charge on any atom is -0.444 e. The third-order valence-electron chi connectivity index (χ3n) is 3.85. The van der Waals surface area contributed by atoms with E-state index in [0.29, 0.717) is 25.9 Å². The van der Waals surface area contributed by atoms with Crippen molar-refractivity contribution in [2.24, 2.45) is 5.41 Å². The summed E-state index contributed by atoms with van der Waals surface area (Å²) in [7, 11) is 0. The van der Waals surface area contributed by atoms with Crippen molar-refractivity contribution in [2.75, 3.05) is 19.7 Å². The predicted octanol–water partition coefficient (Wildman–Crippen LogP) is 2.16. The molecule has 1 amide bonds. The average Bonchev–Trinajstić information content (AvgIpc) is 2.26. The maximum absolute atomic E-state index is 12.0. The Morgan fingerprint density at radius 1 is 1.35 bits per heavy atom. The second-order valence-electron chi connectivity index (χ2n) is 6.99. The summed E-state index contributed by atoms with van der Waals surface area (Å²) in [6.07, 6.45) is 2.31. The van der Waals surface area contributed by atoms with Crippen LogP contribution >= 0.6 is 0 Å². The Morgan fingerprint density at radius 2 is 1.90 bits per heavy atom. The molecule has 1 aliphatic heterocycles. The Bertz CT molecular complexity index is 314. The topological polar surface area (TPSA) is 70.0 Å². The summed E-state index contributed by atoms with van der Waals surface area (Å²) in [5.74, 6) is 0. The van der Waals surface area contributed by atoms with Crippen molar-refractivity contribution in [1.82, 2.24) is 4.90 Å². The van der Waals surface area contributed by atoms with Crippen molar-refractivity contribution < 1.29 is 19.7 Å². The lowest BCUT2D eigenvalue weighted by atomic mass is 9.72. The van der Waals surface area contributed by atoms with Crippen LogP contribution < -0.4 is 0 Å². The molecule has 1 fully saturated rings. The SMILES string of the molecule is CC(O)CC1(CCO)CCN(C(=O)OC(C)(C)C)CC1. The van der Waals surface area contributed by atoms with Crippen LogP contribution in [0.2, 0.25) is 0 Å². The summed E-state index contributed by atoms with van der Waals surface area (Å²) in [4.78, 5) is 13.7. The van der Waals surface area contributed by atoms with E-state index in [-0.39, 0.29) is 24.2 Å². The quantitative estimate of drug-likeness (QED) is 0.831. The lowest BCUT2D eigenvalue weighted by Crippen LogP contribution is -2.46. The second-order valence-corrected chi connectivity index (χ2v) is 6.99. The first-order valence-electron chi connectivity index (χ1n) is 7.44. The van der Waals surface area contributed by atoms with Gasteiger partial charge < -0.3 is 19.8 Å². The third-order valence-corrected chi connectivity index (χ3v) is 3.85. The molecule has 20 heavy (non-hydrogen) atoms. The summed E-state index contributed by atoms with van der Waals surface area (Å²) in [5, 5.41) is 18.9. The highest BCUT2D eigenvalue weighted by Gasteiger charge is 2.37. The number of nitrogens with zero attached hydrogens (tertiary/aromatic N) is 1. The Kier molecular flexibility index (Phi) is 5.83. The predicted molar refractivity (Wildman–Crippen MR) is 77.5 cm³/mol. The molecule has 0 aromatic carbocycles. The van der Waals surface area contributed by atoms with Gasteiger partial charge in [0, 0.05) is 19.7 Å². The fourth-order valence-corrected chi connectivity index (χ4v) is 2.91. The van der Waals surface area contributed by atoms with E-state index in [1.54, 1.807) is 11.8 Å². The summed E-state index contributed by atoms with van der Waals surface area (Å²) in [6, 6.07) is 0. The molecular weight excluding hydrogens is 258 g/mol. The van der Waals surface area contributed by atoms with Gasteiger partial charge >= 0.3 is 6.09 Å². The van der Waals surface area contributed by atoms with Crippen LogP contribution in [0.25, 0.3) is 0 Å². The highest BCUT2D eigenvalue weighted by atomic mass is 16.6. The van der Waals surface area contributed by atoms with Gasteiger partial charge in [-0.3, -0.25) is 0 Å². The minimum atomic E-state index is -0.476. The fraction of sp³-hybridized carbons (Fsp3) is 0.933. The molecule has 0 aliphatic carbocycles. The Balaban J connectivity index is 2.58. The molecular formula is C15H29NO4. The smallest absolute Gasteiger partial charge is 0.410 e. The number of aliphatic hydroxyl groups excluding tert-OH is 2. The number of likely N-dealkylation sites (tertiary alicyclic amines) is 1. The first-order valence-corrected chi connectivity index (χ1v) is 7.44. The van der Waals surface area contributed by atoms with Crippen molar-refractivity contribution in [3.63, 3.8) is 0 Å². The molecule has 1 saturated heterocycles. The van der Waals surface area contributed by atoms with Gasteiger partial charge in [0.25, 0.3) is 0 Å². The van der Waals surface area contributed by atoms with Gasteiger partial charge in [0.2, 0.25) is 0 Å². The molecule has 118 valence electrons. The number of carbonyl (C=O) groups excluding carboxylic acids is 1. The molecule has 0 aromatic heterocycles. The van der Waals surface area contributed by atoms with Gasteiger partial charge in [-0.25, -0.2) is 4.79 Å². The number of rotatable bonds is 4. The van der Waals surface area contributed by atoms with Crippen molar-refractivity contribution in [3.8, 4) is 0 Å². The molecule has 1 unspecified atom stereocenters. The minimum absolute atomic E-state index is 0.0541. The second kappa shape index (κ2) is 6.76. The number of hydrogen-bond acceptors (Lipinski definition) is 4. The first-order chi connectivity index (χ1) is 9.17. The summed E-state index contributed by atoms with van der Waals surface area (Å²) >= 11 is 0. The molecule has 1 heterocycles. The fourth-order valence-electron chi connectivity index (χ4n) is 2.91. The lowest BCUT2D eigenvalue weighted by Gasteiger charge is -2.42. The standard InChI is InChI=1S/C15H29NO4/c1-12(18)11-15(7-10-17)5-8-16(9-6-15)13(19)20-14(2,3)4/h12,17-18H,5-11H2,1-4H3. The third kappa shape index (κ3) is 5.29. The van der Waals surface area contributed by atoms with Crippen molar-refractivity contribution in [1.29, 1.82) is 0 Å². The Morgan fingerprint density at radius 3 is 2.30 bits per heavy atom. The number of aliphatic hydroxyl groups is 2. The number of carbonyl (C=O) groups is 1. The van der Waals surface area contributed by atoms with E-state index in [9.17, 15) is 15.0 Å². The number of amides is 1. The van der Waals surface area contributed by atoms with Gasteiger partial charge in [-0.05, 0) is 58.8 Å². The molecule has 5 nitrogen and oxygen atoms in total. The zero-order valence-corrected chi connectivity index (χ0v) is 13.2. The number of hydrogen-bond donors (Lipinski definition) is 2. The highest BCUT2D eigenvalue weighted by molar-refractivity contribution is 5.68. The van der Waals surface area contributed by atoms with Gasteiger partial charge in [0.15, 0.2) is 0 Å². The van der Waals surface area contributed by atoms with Crippen LogP contribution in [0.1, 0.15) is 53.4 Å². The molecule has 2 N–H and O–H groups in total. The van der Waals surface area contributed by atoms with Crippen LogP contribution in [-0.4, -0.2) is 52.6 Å². The summed E-state index contributed by atoms with van der Waals surface area (Å²) in [6.45, 7) is 8.73. The maximum atomic E-state index is 12.0. The van der Waals surface area contributed by atoms with E-state index in [0.717, 1.165) is 12.8 Å². The van der Waals surface area contributed by atoms with Crippen molar-refractivity contribution >= 4 is 6.09 Å². The molecule has 1 aliphatic rings. The van der Waals surface area contributed by atoms with Gasteiger partial charge in [0.05, 0.1) is 6.10 Å². The van der Waals surface area contributed by atoms with Crippen LogP contribution in [0, 0.1) is 5.41 Å². The van der Waals surface area contributed by atoms with Gasteiger partial charge in [-0.1, -0.05) is 0 Å². The molecule has 1 rings (SSSR count). The van der Waals surface area contributed by atoms with Crippen LogP contribution in [0.3, 0.4) is 0 Å². The molecule has 0 spiro atoms. The van der Waals surface area contributed by atoms with Crippen LogP contribution in [0.5, 0.6) is 0 Å². The van der Waals surface area contributed by atoms with E-state index in [2.05, 4.69) is 0 Å². The zero-order valence-electron chi connectivity index (χ0n) is 13.2. The van der Waals surface area contributed by atoms with E-state index in [4.69, 9.17) is 4.74 Å². The largest absolute Gasteiger partial charge is 0.444 e. The first kappa shape index (κ1) is 17.2. The lowest BCUT2D eigenvalue weighted by molar-refractivity contribution is -0.00323. The molecule has 0 radical (unpaired) electrons. The monoisotopic (exact) mass is 287 g/mol. The van der Waals surface area contributed by atoms with E-state index in [1.807, 2.05) is 20.8 Å². The van der Waals surface area contributed by atoms with E-state index in [1.165, 1.54) is 0 Å². The van der Waals surface area contributed by atoms with Gasteiger partial charge in [-0.2, -0.15) is 0 Å². The van der Waals surface area contributed by atoms with Crippen LogP contribution in [0.15, 0.2) is 0 Å². The highest BCUT2D eigenvalue weighted by Crippen LogP contribution is 2.39. The van der Waals surface area contributed by atoms with E-state index >= 15 is 0 Å². The van der Waals surface area contributed by atoms with Crippen LogP contribution in [0.4, 0.5) is 4.79 Å².